The number of hydrogen-bond acceptors (Lipinski definition) is 5. The fourth-order valence-electron chi connectivity index (χ4n) is 2.15. The number of carbonyl (C=O) groups is 1. The van der Waals surface area contributed by atoms with Crippen molar-refractivity contribution in [1.82, 2.24) is 15.1 Å². The lowest BCUT2D eigenvalue weighted by atomic mass is 10.1. The molecule has 1 aromatic heterocycles. The van der Waals surface area contributed by atoms with Gasteiger partial charge in [0.1, 0.15) is 19.5 Å². The first-order chi connectivity index (χ1) is 12.5. The number of halogens is 1. The molecule has 138 valence electrons. The number of ether oxygens (including phenoxy) is 1. The molecule has 0 aliphatic heterocycles. The van der Waals surface area contributed by atoms with Gasteiger partial charge in [0.15, 0.2) is 5.71 Å². The molecule has 0 aliphatic rings. The van der Waals surface area contributed by atoms with Crippen molar-refractivity contribution in [2.75, 3.05) is 20.8 Å². The molecule has 1 amide bonds. The monoisotopic (exact) mass is 360 g/mol. The Morgan fingerprint density at radius 3 is 2.85 bits per heavy atom. The van der Waals surface area contributed by atoms with Gasteiger partial charge in [0.2, 0.25) is 5.88 Å². The summed E-state index contributed by atoms with van der Waals surface area (Å²) in [6, 6.07) is 6.44. The molecule has 0 unspecified atom stereocenters. The Morgan fingerprint density at radius 1 is 1.42 bits per heavy atom. The molecule has 0 saturated carbocycles. The Bertz CT molecular complexity index is 843. The van der Waals surface area contributed by atoms with Crippen LogP contribution in [0.1, 0.15) is 12.5 Å². The number of hydrogen-bond donors (Lipinski definition) is 1. The molecular weight excluding hydrogens is 339 g/mol. The third-order valence-electron chi connectivity index (χ3n) is 3.59. The summed E-state index contributed by atoms with van der Waals surface area (Å²) in [5.74, 6) is -0.208. The van der Waals surface area contributed by atoms with E-state index in [1.807, 2.05) is 0 Å². The molecule has 0 saturated heterocycles. The van der Waals surface area contributed by atoms with Gasteiger partial charge in [-0.1, -0.05) is 5.16 Å². The summed E-state index contributed by atoms with van der Waals surface area (Å²) >= 11 is 0. The summed E-state index contributed by atoms with van der Waals surface area (Å²) in [6.45, 7) is 3.63. The van der Waals surface area contributed by atoms with Gasteiger partial charge >= 0.3 is 0 Å². The van der Waals surface area contributed by atoms with Crippen LogP contribution in [0.15, 0.2) is 47.3 Å². The number of benzene rings is 1. The fraction of sp³-hybridized carbons (Fsp3) is 0.278. The van der Waals surface area contributed by atoms with Crippen LogP contribution in [0.4, 0.5) is 4.39 Å². The van der Waals surface area contributed by atoms with Crippen LogP contribution in [0.2, 0.25) is 0 Å². The van der Waals surface area contributed by atoms with Gasteiger partial charge in [-0.25, -0.2) is 9.07 Å². The SMILES string of the molecule is CNC(=O)C(=N/OC)/C(C)=C/COc1ccn(-c2ccc(F)c(C)c2)n1. The zero-order valence-electron chi connectivity index (χ0n) is 15.1. The summed E-state index contributed by atoms with van der Waals surface area (Å²) in [6.07, 6.45) is 3.43. The Balaban J connectivity index is 2.04. The highest BCUT2D eigenvalue weighted by Crippen LogP contribution is 2.15. The Labute approximate surface area is 151 Å². The normalized spacial score (nSPS) is 12.0. The molecule has 2 aromatic rings. The minimum absolute atomic E-state index is 0.172. The van der Waals surface area contributed by atoms with Crippen molar-refractivity contribution < 1.29 is 18.8 Å². The van der Waals surface area contributed by atoms with Crippen molar-refractivity contribution in [3.8, 4) is 11.6 Å². The van der Waals surface area contributed by atoms with E-state index in [1.165, 1.54) is 20.2 Å². The highest BCUT2D eigenvalue weighted by atomic mass is 19.1. The fourth-order valence-corrected chi connectivity index (χ4v) is 2.15. The van der Waals surface area contributed by atoms with Gasteiger partial charge in [0.25, 0.3) is 5.91 Å². The first-order valence-corrected chi connectivity index (χ1v) is 7.91. The minimum Gasteiger partial charge on any atom is -0.472 e. The molecule has 0 atom stereocenters. The summed E-state index contributed by atoms with van der Waals surface area (Å²) in [5, 5.41) is 10.5. The molecule has 0 radical (unpaired) electrons. The van der Waals surface area contributed by atoms with Crippen LogP contribution in [0.25, 0.3) is 5.69 Å². The van der Waals surface area contributed by atoms with Crippen molar-refractivity contribution in [3.05, 3.63) is 53.5 Å². The van der Waals surface area contributed by atoms with Crippen molar-refractivity contribution >= 4 is 11.6 Å². The van der Waals surface area contributed by atoms with Gasteiger partial charge < -0.3 is 14.9 Å². The molecule has 0 aliphatic carbocycles. The number of aryl methyl sites for hydroxylation is 1. The van der Waals surface area contributed by atoms with E-state index in [1.54, 1.807) is 49.0 Å². The van der Waals surface area contributed by atoms with Crippen LogP contribution in [0, 0.1) is 12.7 Å². The van der Waals surface area contributed by atoms with E-state index in [0.29, 0.717) is 17.0 Å². The van der Waals surface area contributed by atoms with Crippen LogP contribution in [-0.4, -0.2) is 42.2 Å². The quantitative estimate of drug-likeness (QED) is 0.607. The highest BCUT2D eigenvalue weighted by Gasteiger charge is 2.12. The summed E-state index contributed by atoms with van der Waals surface area (Å²) in [5.41, 5.74) is 2.06. The molecule has 1 N–H and O–H groups in total. The summed E-state index contributed by atoms with van der Waals surface area (Å²) < 4.78 is 20.5. The zero-order chi connectivity index (χ0) is 19.1. The highest BCUT2D eigenvalue weighted by molar-refractivity contribution is 6.44. The summed E-state index contributed by atoms with van der Waals surface area (Å²) in [4.78, 5) is 16.4. The number of amides is 1. The van der Waals surface area contributed by atoms with E-state index in [9.17, 15) is 9.18 Å². The van der Waals surface area contributed by atoms with E-state index >= 15 is 0 Å². The molecule has 0 spiro atoms. The van der Waals surface area contributed by atoms with E-state index in [2.05, 4.69) is 20.4 Å². The second kappa shape index (κ2) is 8.80. The van der Waals surface area contributed by atoms with Gasteiger partial charge in [-0.2, -0.15) is 0 Å². The Morgan fingerprint density at radius 2 is 2.19 bits per heavy atom. The molecule has 0 fully saturated rings. The topological polar surface area (TPSA) is 77.7 Å². The Kier molecular flexibility index (Phi) is 6.48. The first-order valence-electron chi connectivity index (χ1n) is 7.91. The number of aromatic nitrogens is 2. The van der Waals surface area contributed by atoms with E-state index in [4.69, 9.17) is 4.74 Å². The molecular formula is C18H21FN4O3. The first kappa shape index (κ1) is 19.2. The second-order valence-electron chi connectivity index (χ2n) is 5.43. The van der Waals surface area contributed by atoms with E-state index < -0.39 is 0 Å². The second-order valence-corrected chi connectivity index (χ2v) is 5.43. The van der Waals surface area contributed by atoms with Crippen LogP contribution in [0.5, 0.6) is 5.88 Å². The van der Waals surface area contributed by atoms with Gasteiger partial charge in [-0.3, -0.25) is 4.79 Å². The molecule has 7 nitrogen and oxygen atoms in total. The van der Waals surface area contributed by atoms with Gasteiger partial charge in [-0.15, -0.1) is 5.10 Å². The van der Waals surface area contributed by atoms with Crippen LogP contribution < -0.4 is 10.1 Å². The third kappa shape index (κ3) is 4.69. The average molecular weight is 360 g/mol. The van der Waals surface area contributed by atoms with Gasteiger partial charge in [0, 0.05) is 19.3 Å². The summed E-state index contributed by atoms with van der Waals surface area (Å²) in [7, 11) is 2.89. The van der Waals surface area contributed by atoms with Gasteiger partial charge in [-0.05, 0) is 49.3 Å². The van der Waals surface area contributed by atoms with Crippen molar-refractivity contribution in [2.24, 2.45) is 5.16 Å². The standard InChI is InChI=1S/C18H21FN4O3/c1-12(17(22-25-4)18(24)20-3)8-10-26-16-7-9-23(21-16)14-5-6-15(19)13(2)11-14/h5-9,11H,10H2,1-4H3,(H,20,24)/b12-8+,22-17+. The van der Waals surface area contributed by atoms with Crippen molar-refractivity contribution in [3.63, 3.8) is 0 Å². The zero-order valence-corrected chi connectivity index (χ0v) is 15.1. The molecule has 2 rings (SSSR count). The van der Waals surface area contributed by atoms with E-state index in [-0.39, 0.29) is 24.0 Å². The smallest absolute Gasteiger partial charge is 0.273 e. The number of oxime groups is 1. The number of carbonyl (C=O) groups excluding carboxylic acids is 1. The van der Waals surface area contributed by atoms with Crippen LogP contribution in [0.3, 0.4) is 0 Å². The van der Waals surface area contributed by atoms with E-state index in [0.717, 1.165) is 5.69 Å². The molecule has 1 aromatic carbocycles. The average Bonchev–Trinajstić information content (AvgIpc) is 3.10. The number of nitrogens with one attached hydrogen (secondary N) is 1. The predicted octanol–water partition coefficient (Wildman–Crippen LogP) is 2.39. The van der Waals surface area contributed by atoms with Crippen LogP contribution in [-0.2, 0) is 9.63 Å². The number of nitrogens with zero attached hydrogens (tertiary/aromatic N) is 3. The maximum atomic E-state index is 13.4. The van der Waals surface area contributed by atoms with Gasteiger partial charge in [0.05, 0.1) is 5.69 Å². The number of rotatable bonds is 7. The molecule has 26 heavy (non-hydrogen) atoms. The lowest BCUT2D eigenvalue weighted by Crippen LogP contribution is -2.28. The third-order valence-corrected chi connectivity index (χ3v) is 3.59. The lowest BCUT2D eigenvalue weighted by Gasteiger charge is -2.05. The molecule has 0 bridgehead atoms. The van der Waals surface area contributed by atoms with Crippen molar-refractivity contribution in [1.29, 1.82) is 0 Å². The Hall–Kier alpha value is -3.16. The maximum Gasteiger partial charge on any atom is 0.273 e. The van der Waals surface area contributed by atoms with Crippen molar-refractivity contribution in [2.45, 2.75) is 13.8 Å². The molecule has 1 heterocycles. The predicted molar refractivity (Wildman–Crippen MR) is 96.0 cm³/mol. The minimum atomic E-state index is -0.350. The largest absolute Gasteiger partial charge is 0.472 e. The molecule has 8 heteroatoms. The lowest BCUT2D eigenvalue weighted by molar-refractivity contribution is -0.114. The van der Waals surface area contributed by atoms with Crippen LogP contribution >= 0.6 is 0 Å². The maximum absolute atomic E-state index is 13.4.